The van der Waals surface area contributed by atoms with Crippen LogP contribution in [0.5, 0.6) is 17.2 Å². The van der Waals surface area contributed by atoms with Gasteiger partial charge in [0.25, 0.3) is 5.91 Å². The quantitative estimate of drug-likeness (QED) is 0.688. The first-order valence-corrected chi connectivity index (χ1v) is 8.73. The molecule has 8 heteroatoms. The molecular formula is C19H24N2O6. The molecule has 0 bridgehead atoms. The summed E-state index contributed by atoms with van der Waals surface area (Å²) in [7, 11) is 0. The second-order valence-electron chi connectivity index (χ2n) is 5.42. The number of hydrogen-bond donors (Lipinski definition) is 2. The number of aryl methyl sites for hydroxylation is 1. The van der Waals surface area contributed by atoms with Crippen LogP contribution in [-0.2, 0) is 0 Å². The van der Waals surface area contributed by atoms with E-state index in [1.54, 1.807) is 13.0 Å². The molecule has 0 saturated heterocycles. The van der Waals surface area contributed by atoms with Crippen molar-refractivity contribution in [2.75, 3.05) is 19.8 Å². The molecular weight excluding hydrogens is 352 g/mol. The number of nitrogens with one attached hydrogen (secondary N) is 2. The van der Waals surface area contributed by atoms with Gasteiger partial charge in [0.05, 0.1) is 19.8 Å². The first kappa shape index (κ1) is 20.2. The van der Waals surface area contributed by atoms with Gasteiger partial charge in [0.2, 0.25) is 5.75 Å². The lowest BCUT2D eigenvalue weighted by Crippen LogP contribution is -2.41. The molecule has 1 heterocycles. The molecule has 2 N–H and O–H groups in total. The number of hydrogen-bond acceptors (Lipinski definition) is 6. The summed E-state index contributed by atoms with van der Waals surface area (Å²) < 4.78 is 22.0. The average Bonchev–Trinajstić information content (AvgIpc) is 3.08. The highest BCUT2D eigenvalue weighted by molar-refractivity contribution is 5.98. The van der Waals surface area contributed by atoms with E-state index in [-0.39, 0.29) is 11.3 Å². The molecule has 146 valence electrons. The summed E-state index contributed by atoms with van der Waals surface area (Å²) in [6, 6.07) is 6.26. The van der Waals surface area contributed by atoms with Gasteiger partial charge < -0.3 is 18.6 Å². The Morgan fingerprint density at radius 2 is 1.44 bits per heavy atom. The molecule has 1 aromatic heterocycles. The van der Waals surface area contributed by atoms with Gasteiger partial charge in [-0.15, -0.1) is 0 Å². The van der Waals surface area contributed by atoms with E-state index in [4.69, 9.17) is 18.6 Å². The summed E-state index contributed by atoms with van der Waals surface area (Å²) in [4.78, 5) is 24.4. The van der Waals surface area contributed by atoms with E-state index in [1.165, 1.54) is 18.2 Å². The molecule has 0 saturated carbocycles. The van der Waals surface area contributed by atoms with Crippen molar-refractivity contribution in [3.8, 4) is 17.2 Å². The molecule has 0 aliphatic carbocycles. The van der Waals surface area contributed by atoms with Crippen LogP contribution in [0.25, 0.3) is 0 Å². The van der Waals surface area contributed by atoms with Crippen LogP contribution in [0.1, 0.15) is 47.4 Å². The Kier molecular flexibility index (Phi) is 7.10. The molecule has 0 fully saturated rings. The summed E-state index contributed by atoms with van der Waals surface area (Å²) in [5, 5.41) is 0. The van der Waals surface area contributed by atoms with E-state index in [2.05, 4.69) is 10.9 Å². The molecule has 0 unspecified atom stereocenters. The Morgan fingerprint density at radius 1 is 0.889 bits per heavy atom. The molecule has 2 aromatic rings. The van der Waals surface area contributed by atoms with E-state index in [1.807, 2.05) is 20.8 Å². The van der Waals surface area contributed by atoms with Crippen molar-refractivity contribution >= 4 is 11.8 Å². The van der Waals surface area contributed by atoms with Crippen LogP contribution in [-0.4, -0.2) is 31.6 Å². The Hall–Kier alpha value is -3.16. The summed E-state index contributed by atoms with van der Waals surface area (Å²) >= 11 is 0. The van der Waals surface area contributed by atoms with E-state index < -0.39 is 11.8 Å². The van der Waals surface area contributed by atoms with Gasteiger partial charge in [0.15, 0.2) is 17.3 Å². The number of rotatable bonds is 8. The highest BCUT2D eigenvalue weighted by Gasteiger charge is 2.19. The second kappa shape index (κ2) is 9.51. The van der Waals surface area contributed by atoms with Gasteiger partial charge in [-0.1, -0.05) is 0 Å². The monoisotopic (exact) mass is 376 g/mol. The molecule has 8 nitrogen and oxygen atoms in total. The SMILES string of the molecule is CCOc1cc(C(=O)NNC(=O)c2ccc(C)o2)cc(OCC)c1OCC. The van der Waals surface area contributed by atoms with Crippen molar-refractivity contribution in [1.29, 1.82) is 0 Å². The van der Waals surface area contributed by atoms with Crippen molar-refractivity contribution in [3.63, 3.8) is 0 Å². The van der Waals surface area contributed by atoms with Gasteiger partial charge in [-0.05, 0) is 52.0 Å². The molecule has 0 radical (unpaired) electrons. The average molecular weight is 376 g/mol. The van der Waals surface area contributed by atoms with Crippen LogP contribution in [0.2, 0.25) is 0 Å². The molecule has 0 atom stereocenters. The predicted octanol–water partition coefficient (Wildman–Crippen LogP) is 2.86. The van der Waals surface area contributed by atoms with Crippen LogP contribution < -0.4 is 25.1 Å². The lowest BCUT2D eigenvalue weighted by Gasteiger charge is -2.17. The zero-order valence-corrected chi connectivity index (χ0v) is 15.9. The Morgan fingerprint density at radius 3 is 1.93 bits per heavy atom. The molecule has 2 rings (SSSR count). The van der Waals surface area contributed by atoms with Crippen molar-refractivity contribution in [3.05, 3.63) is 41.3 Å². The maximum Gasteiger partial charge on any atom is 0.305 e. The minimum Gasteiger partial charge on any atom is -0.490 e. The number of amides is 2. The number of carbonyl (C=O) groups excluding carboxylic acids is 2. The standard InChI is InChI=1S/C19H24N2O6/c1-5-24-15-10-13(11-16(25-6-2)17(15)26-7-3)18(22)20-21-19(23)14-9-8-12(4)27-14/h8-11H,5-7H2,1-4H3,(H,20,22)(H,21,23). The maximum atomic E-state index is 12.5. The molecule has 27 heavy (non-hydrogen) atoms. The number of carbonyl (C=O) groups is 2. The van der Waals surface area contributed by atoms with E-state index >= 15 is 0 Å². The maximum absolute atomic E-state index is 12.5. The van der Waals surface area contributed by atoms with E-state index in [0.29, 0.717) is 42.8 Å². The van der Waals surface area contributed by atoms with E-state index in [9.17, 15) is 9.59 Å². The lowest BCUT2D eigenvalue weighted by atomic mass is 10.1. The smallest absolute Gasteiger partial charge is 0.305 e. The largest absolute Gasteiger partial charge is 0.490 e. The Bertz CT molecular complexity index is 772. The Balaban J connectivity index is 2.19. The third-order valence-electron chi connectivity index (χ3n) is 3.43. The number of hydrazine groups is 1. The van der Waals surface area contributed by atoms with Gasteiger partial charge in [0.1, 0.15) is 5.76 Å². The minimum atomic E-state index is -0.558. The lowest BCUT2D eigenvalue weighted by molar-refractivity contribution is 0.0830. The van der Waals surface area contributed by atoms with Crippen LogP contribution >= 0.6 is 0 Å². The number of furan rings is 1. The van der Waals surface area contributed by atoms with Gasteiger partial charge in [-0.25, -0.2) is 0 Å². The third-order valence-corrected chi connectivity index (χ3v) is 3.43. The van der Waals surface area contributed by atoms with Crippen molar-refractivity contribution < 1.29 is 28.2 Å². The molecule has 2 amide bonds. The first-order valence-electron chi connectivity index (χ1n) is 8.73. The zero-order valence-electron chi connectivity index (χ0n) is 15.9. The first-order chi connectivity index (χ1) is 13.0. The highest BCUT2D eigenvalue weighted by Crippen LogP contribution is 2.39. The van der Waals surface area contributed by atoms with Gasteiger partial charge in [-0.3, -0.25) is 20.4 Å². The number of ether oxygens (including phenoxy) is 3. The number of benzene rings is 1. The van der Waals surface area contributed by atoms with Crippen molar-refractivity contribution in [1.82, 2.24) is 10.9 Å². The fraction of sp³-hybridized carbons (Fsp3) is 0.368. The second-order valence-corrected chi connectivity index (χ2v) is 5.42. The molecule has 0 spiro atoms. The van der Waals surface area contributed by atoms with E-state index in [0.717, 1.165) is 0 Å². The fourth-order valence-electron chi connectivity index (χ4n) is 2.32. The third kappa shape index (κ3) is 5.16. The summed E-state index contributed by atoms with van der Waals surface area (Å²) in [5.41, 5.74) is 4.91. The normalized spacial score (nSPS) is 10.2. The van der Waals surface area contributed by atoms with Gasteiger partial charge in [0, 0.05) is 5.56 Å². The molecule has 0 aliphatic rings. The minimum absolute atomic E-state index is 0.101. The molecule has 0 aliphatic heterocycles. The highest BCUT2D eigenvalue weighted by atomic mass is 16.5. The Labute approximate surface area is 157 Å². The van der Waals surface area contributed by atoms with Crippen LogP contribution in [0.3, 0.4) is 0 Å². The van der Waals surface area contributed by atoms with Crippen molar-refractivity contribution in [2.24, 2.45) is 0 Å². The predicted molar refractivity (Wildman–Crippen MR) is 98.3 cm³/mol. The van der Waals surface area contributed by atoms with Crippen LogP contribution in [0.15, 0.2) is 28.7 Å². The van der Waals surface area contributed by atoms with Crippen molar-refractivity contribution in [2.45, 2.75) is 27.7 Å². The summed E-state index contributed by atoms with van der Waals surface area (Å²) in [5.74, 6) is 0.832. The zero-order chi connectivity index (χ0) is 19.8. The molecule has 1 aromatic carbocycles. The fourth-order valence-corrected chi connectivity index (χ4v) is 2.32. The summed E-state index contributed by atoms with van der Waals surface area (Å²) in [6.45, 7) is 8.43. The van der Waals surface area contributed by atoms with Crippen LogP contribution in [0, 0.1) is 6.92 Å². The van der Waals surface area contributed by atoms with Gasteiger partial charge >= 0.3 is 5.91 Å². The topological polar surface area (TPSA) is 99.0 Å². The summed E-state index contributed by atoms with van der Waals surface area (Å²) in [6.07, 6.45) is 0. The van der Waals surface area contributed by atoms with Gasteiger partial charge in [-0.2, -0.15) is 0 Å². The van der Waals surface area contributed by atoms with Crippen LogP contribution in [0.4, 0.5) is 0 Å².